The third-order valence-corrected chi connectivity index (χ3v) is 2.75. The topological polar surface area (TPSA) is 47.6 Å². The number of nitrogens with one attached hydrogen (secondary N) is 1. The van der Waals surface area contributed by atoms with E-state index in [9.17, 15) is 4.79 Å². The van der Waals surface area contributed by atoms with Gasteiger partial charge in [-0.25, -0.2) is 4.79 Å². The van der Waals surface area contributed by atoms with Crippen LogP contribution in [-0.4, -0.2) is 32.5 Å². The lowest BCUT2D eigenvalue weighted by Crippen LogP contribution is -2.21. The molecule has 0 unspecified atom stereocenters. The monoisotopic (exact) mass is 243 g/mol. The number of hydrogen-bond acceptors (Lipinski definition) is 3. The fourth-order valence-electron chi connectivity index (χ4n) is 1.33. The number of amides is 1. The molecule has 0 saturated carbocycles. The first-order valence-electron chi connectivity index (χ1n) is 5.96. The predicted molar refractivity (Wildman–Crippen MR) is 69.1 cm³/mol. The lowest BCUT2D eigenvalue weighted by Gasteiger charge is -2.22. The van der Waals surface area contributed by atoms with Gasteiger partial charge in [-0.2, -0.15) is 0 Å². The van der Waals surface area contributed by atoms with Crippen LogP contribution in [0.3, 0.4) is 0 Å². The number of rotatable bonds is 7. The summed E-state index contributed by atoms with van der Waals surface area (Å²) in [7, 11) is 3.28. The van der Waals surface area contributed by atoms with Crippen molar-refractivity contribution in [3.8, 4) is 0 Å². The number of alkyl carbamates (subject to hydrolysis) is 1. The highest BCUT2D eigenvalue weighted by Gasteiger charge is 2.14. The average molecular weight is 243 g/mol. The SMILES string of the molecule is CNC(=O)OC/C=C(\C)CCCC(C)(C)OC. The zero-order chi connectivity index (χ0) is 13.3. The summed E-state index contributed by atoms with van der Waals surface area (Å²) in [5.41, 5.74) is 1.18. The van der Waals surface area contributed by atoms with Crippen molar-refractivity contribution in [3.63, 3.8) is 0 Å². The highest BCUT2D eigenvalue weighted by molar-refractivity contribution is 5.66. The minimum atomic E-state index is -0.394. The molecule has 0 aliphatic heterocycles. The highest BCUT2D eigenvalue weighted by Crippen LogP contribution is 2.18. The number of carbonyl (C=O) groups excluding carboxylic acids is 1. The van der Waals surface area contributed by atoms with Gasteiger partial charge in [0.1, 0.15) is 6.61 Å². The van der Waals surface area contributed by atoms with Crippen molar-refractivity contribution < 1.29 is 14.3 Å². The third kappa shape index (κ3) is 8.74. The van der Waals surface area contributed by atoms with Crippen molar-refractivity contribution in [2.24, 2.45) is 0 Å². The minimum Gasteiger partial charge on any atom is -0.445 e. The van der Waals surface area contributed by atoms with Crippen molar-refractivity contribution in [2.75, 3.05) is 20.8 Å². The summed E-state index contributed by atoms with van der Waals surface area (Å²) in [4.78, 5) is 10.8. The number of ether oxygens (including phenoxy) is 2. The van der Waals surface area contributed by atoms with Crippen LogP contribution in [-0.2, 0) is 9.47 Å². The Morgan fingerprint density at radius 3 is 2.59 bits per heavy atom. The lowest BCUT2D eigenvalue weighted by atomic mass is 9.99. The first kappa shape index (κ1) is 16.0. The Hall–Kier alpha value is -1.03. The molecule has 0 bridgehead atoms. The maximum atomic E-state index is 10.8. The Morgan fingerprint density at radius 2 is 2.06 bits per heavy atom. The van der Waals surface area contributed by atoms with Crippen molar-refractivity contribution in [2.45, 2.75) is 45.6 Å². The van der Waals surface area contributed by atoms with Crippen LogP contribution in [0.2, 0.25) is 0 Å². The molecule has 0 fully saturated rings. The van der Waals surface area contributed by atoms with Gasteiger partial charge in [-0.15, -0.1) is 0 Å². The zero-order valence-electron chi connectivity index (χ0n) is 11.6. The molecular weight excluding hydrogens is 218 g/mol. The van der Waals surface area contributed by atoms with E-state index in [1.807, 2.05) is 13.0 Å². The minimum absolute atomic E-state index is 0.0567. The smallest absolute Gasteiger partial charge is 0.407 e. The lowest BCUT2D eigenvalue weighted by molar-refractivity contribution is 0.0140. The first-order valence-corrected chi connectivity index (χ1v) is 5.96. The van der Waals surface area contributed by atoms with Crippen molar-refractivity contribution in [3.05, 3.63) is 11.6 Å². The zero-order valence-corrected chi connectivity index (χ0v) is 11.6. The van der Waals surface area contributed by atoms with Gasteiger partial charge < -0.3 is 14.8 Å². The predicted octanol–water partition coefficient (Wildman–Crippen LogP) is 2.88. The Balaban J connectivity index is 3.75. The van der Waals surface area contributed by atoms with Gasteiger partial charge in [-0.3, -0.25) is 0 Å². The van der Waals surface area contributed by atoms with Crippen LogP contribution in [0, 0.1) is 0 Å². The molecule has 0 aliphatic rings. The average Bonchev–Trinajstić information content (AvgIpc) is 2.28. The Morgan fingerprint density at radius 1 is 1.41 bits per heavy atom. The van der Waals surface area contributed by atoms with Crippen LogP contribution in [0.1, 0.15) is 40.0 Å². The second kappa shape index (κ2) is 8.12. The fraction of sp³-hybridized carbons (Fsp3) is 0.769. The van der Waals surface area contributed by atoms with E-state index in [1.165, 1.54) is 5.57 Å². The number of methoxy groups -OCH3 is 1. The van der Waals surface area contributed by atoms with Crippen molar-refractivity contribution >= 4 is 6.09 Å². The van der Waals surface area contributed by atoms with E-state index in [0.29, 0.717) is 6.61 Å². The molecule has 0 heterocycles. The van der Waals surface area contributed by atoms with Gasteiger partial charge in [-0.1, -0.05) is 5.57 Å². The molecule has 100 valence electrons. The maximum absolute atomic E-state index is 10.8. The van der Waals surface area contributed by atoms with Crippen LogP contribution in [0.5, 0.6) is 0 Å². The van der Waals surface area contributed by atoms with Crippen LogP contribution in [0.15, 0.2) is 11.6 Å². The molecule has 0 atom stereocenters. The van der Waals surface area contributed by atoms with Crippen molar-refractivity contribution in [1.29, 1.82) is 0 Å². The Labute approximate surface area is 104 Å². The summed E-state index contributed by atoms with van der Waals surface area (Å²) >= 11 is 0. The highest BCUT2D eigenvalue weighted by atomic mass is 16.5. The van der Waals surface area contributed by atoms with E-state index in [1.54, 1.807) is 14.2 Å². The van der Waals surface area contributed by atoms with Gasteiger partial charge in [0, 0.05) is 14.2 Å². The molecule has 4 heteroatoms. The second-order valence-corrected chi connectivity index (χ2v) is 4.72. The van der Waals surface area contributed by atoms with Gasteiger partial charge in [0.2, 0.25) is 0 Å². The van der Waals surface area contributed by atoms with E-state index >= 15 is 0 Å². The second-order valence-electron chi connectivity index (χ2n) is 4.72. The third-order valence-electron chi connectivity index (χ3n) is 2.75. The van der Waals surface area contributed by atoms with Gasteiger partial charge in [0.15, 0.2) is 0 Å². The summed E-state index contributed by atoms with van der Waals surface area (Å²) in [5, 5.41) is 2.40. The van der Waals surface area contributed by atoms with E-state index in [0.717, 1.165) is 19.3 Å². The maximum Gasteiger partial charge on any atom is 0.407 e. The molecule has 0 saturated heterocycles. The van der Waals surface area contributed by atoms with Crippen molar-refractivity contribution in [1.82, 2.24) is 5.32 Å². The molecular formula is C13H25NO3. The molecule has 0 rings (SSSR count). The summed E-state index contributed by atoms with van der Waals surface area (Å²) in [6.45, 7) is 6.55. The van der Waals surface area contributed by atoms with E-state index in [2.05, 4.69) is 19.2 Å². The molecule has 0 aromatic rings. The van der Waals surface area contributed by atoms with Crippen LogP contribution in [0.4, 0.5) is 4.79 Å². The number of allylic oxidation sites excluding steroid dienone is 1. The molecule has 4 nitrogen and oxygen atoms in total. The van der Waals surface area contributed by atoms with Crippen LogP contribution < -0.4 is 5.32 Å². The van der Waals surface area contributed by atoms with Crippen LogP contribution in [0.25, 0.3) is 0 Å². The molecule has 1 N–H and O–H groups in total. The molecule has 0 aromatic carbocycles. The van der Waals surface area contributed by atoms with Gasteiger partial charge in [0.25, 0.3) is 0 Å². The number of carbonyl (C=O) groups is 1. The Bertz CT molecular complexity index is 259. The number of hydrogen-bond donors (Lipinski definition) is 1. The van der Waals surface area contributed by atoms with E-state index in [4.69, 9.17) is 9.47 Å². The van der Waals surface area contributed by atoms with Gasteiger partial charge in [0.05, 0.1) is 5.60 Å². The molecule has 0 aromatic heterocycles. The molecule has 0 spiro atoms. The largest absolute Gasteiger partial charge is 0.445 e. The van der Waals surface area contributed by atoms with E-state index in [-0.39, 0.29) is 5.60 Å². The molecule has 1 amide bonds. The first-order chi connectivity index (χ1) is 7.91. The van der Waals surface area contributed by atoms with Gasteiger partial charge >= 0.3 is 6.09 Å². The summed E-state index contributed by atoms with van der Waals surface area (Å²) in [6.07, 6.45) is 4.64. The molecule has 17 heavy (non-hydrogen) atoms. The van der Waals surface area contributed by atoms with Crippen LogP contribution >= 0.6 is 0 Å². The summed E-state index contributed by atoms with van der Waals surface area (Å²) in [6, 6.07) is 0. The normalized spacial score (nSPS) is 12.4. The quantitative estimate of drug-likeness (QED) is 0.699. The molecule has 0 aliphatic carbocycles. The van der Waals surface area contributed by atoms with E-state index < -0.39 is 6.09 Å². The van der Waals surface area contributed by atoms with Gasteiger partial charge in [-0.05, 0) is 46.1 Å². The Kier molecular flexibility index (Phi) is 7.63. The standard InChI is InChI=1S/C13H25NO3/c1-11(8-10-17-12(15)14-4)7-6-9-13(2,3)16-5/h8H,6-7,9-10H2,1-5H3,(H,14,15)/b11-8+. The molecule has 0 radical (unpaired) electrons. The summed E-state index contributed by atoms with van der Waals surface area (Å²) in [5.74, 6) is 0. The summed E-state index contributed by atoms with van der Waals surface area (Å²) < 4.78 is 10.2. The fourth-order valence-corrected chi connectivity index (χ4v) is 1.33.